The van der Waals surface area contributed by atoms with Crippen LogP contribution in [0.3, 0.4) is 0 Å². The molecule has 2 rings (SSSR count). The summed E-state index contributed by atoms with van der Waals surface area (Å²) in [5.74, 6) is 0.980. The summed E-state index contributed by atoms with van der Waals surface area (Å²) in [6.07, 6.45) is 0.973. The minimum Gasteiger partial charge on any atom is -0.342 e. The highest BCUT2D eigenvalue weighted by atomic mass is 16.1. The summed E-state index contributed by atoms with van der Waals surface area (Å²) in [6.45, 7) is 3.91. The zero-order valence-electron chi connectivity index (χ0n) is 9.00. The standard InChI is InChI=1S/C12H14N2O/c1-3-9(15)7-12-13-10-5-4-8(2)6-11(10)14-12/h4-6H,3,7H2,1-2H3,(H,13,14). The van der Waals surface area contributed by atoms with Gasteiger partial charge in [0.25, 0.3) is 0 Å². The van der Waals surface area contributed by atoms with Crippen molar-refractivity contribution in [3.05, 3.63) is 29.6 Å². The van der Waals surface area contributed by atoms with Crippen molar-refractivity contribution in [3.63, 3.8) is 0 Å². The van der Waals surface area contributed by atoms with Crippen molar-refractivity contribution in [1.29, 1.82) is 0 Å². The number of fused-ring (bicyclic) bond motifs is 1. The highest BCUT2D eigenvalue weighted by Crippen LogP contribution is 2.13. The maximum Gasteiger partial charge on any atom is 0.140 e. The van der Waals surface area contributed by atoms with Crippen LogP contribution in [-0.4, -0.2) is 15.8 Å². The van der Waals surface area contributed by atoms with Crippen molar-refractivity contribution in [3.8, 4) is 0 Å². The second-order valence-corrected chi connectivity index (χ2v) is 3.77. The molecule has 0 fully saturated rings. The molecule has 0 saturated heterocycles. The molecule has 2 aromatic rings. The fraction of sp³-hybridized carbons (Fsp3) is 0.333. The number of imidazole rings is 1. The number of aromatic nitrogens is 2. The van der Waals surface area contributed by atoms with Gasteiger partial charge < -0.3 is 4.98 Å². The first-order valence-electron chi connectivity index (χ1n) is 5.16. The van der Waals surface area contributed by atoms with E-state index < -0.39 is 0 Å². The van der Waals surface area contributed by atoms with Gasteiger partial charge in [-0.1, -0.05) is 13.0 Å². The molecule has 0 saturated carbocycles. The number of nitrogens with zero attached hydrogens (tertiary/aromatic N) is 1. The minimum absolute atomic E-state index is 0.214. The van der Waals surface area contributed by atoms with E-state index in [1.54, 1.807) is 0 Å². The fourth-order valence-electron chi connectivity index (χ4n) is 1.57. The van der Waals surface area contributed by atoms with Crippen molar-refractivity contribution in [2.45, 2.75) is 26.7 Å². The van der Waals surface area contributed by atoms with Crippen LogP contribution in [0, 0.1) is 6.92 Å². The molecule has 0 amide bonds. The van der Waals surface area contributed by atoms with Gasteiger partial charge >= 0.3 is 0 Å². The summed E-state index contributed by atoms with van der Waals surface area (Å²) in [7, 11) is 0. The van der Waals surface area contributed by atoms with Crippen molar-refractivity contribution < 1.29 is 4.79 Å². The van der Waals surface area contributed by atoms with Crippen LogP contribution < -0.4 is 0 Å². The molecule has 0 aliphatic carbocycles. The van der Waals surface area contributed by atoms with Crippen LogP contribution in [0.4, 0.5) is 0 Å². The van der Waals surface area contributed by atoms with Crippen LogP contribution >= 0.6 is 0 Å². The molecule has 0 unspecified atom stereocenters. The van der Waals surface area contributed by atoms with Gasteiger partial charge in [0, 0.05) is 6.42 Å². The maximum absolute atomic E-state index is 11.3. The monoisotopic (exact) mass is 202 g/mol. The third-order valence-electron chi connectivity index (χ3n) is 2.45. The van der Waals surface area contributed by atoms with Crippen LogP contribution in [0.5, 0.6) is 0 Å². The van der Waals surface area contributed by atoms with Crippen LogP contribution in [-0.2, 0) is 11.2 Å². The molecule has 1 heterocycles. The van der Waals surface area contributed by atoms with Gasteiger partial charge in [0.05, 0.1) is 17.5 Å². The predicted octanol–water partition coefficient (Wildman–Crippen LogP) is 2.39. The van der Waals surface area contributed by atoms with Gasteiger partial charge in [-0.2, -0.15) is 0 Å². The first-order valence-corrected chi connectivity index (χ1v) is 5.16. The van der Waals surface area contributed by atoms with E-state index in [1.165, 1.54) is 5.56 Å². The summed E-state index contributed by atoms with van der Waals surface area (Å²) in [5, 5.41) is 0. The van der Waals surface area contributed by atoms with E-state index in [-0.39, 0.29) is 5.78 Å². The van der Waals surface area contributed by atoms with E-state index in [9.17, 15) is 4.79 Å². The Kier molecular flexibility index (Phi) is 2.54. The third kappa shape index (κ3) is 2.06. The average Bonchev–Trinajstić information content (AvgIpc) is 2.59. The highest BCUT2D eigenvalue weighted by Gasteiger charge is 2.06. The zero-order valence-corrected chi connectivity index (χ0v) is 9.00. The summed E-state index contributed by atoms with van der Waals surface area (Å²) in [6, 6.07) is 6.04. The summed E-state index contributed by atoms with van der Waals surface area (Å²) >= 11 is 0. The average molecular weight is 202 g/mol. The highest BCUT2D eigenvalue weighted by molar-refractivity contribution is 5.82. The lowest BCUT2D eigenvalue weighted by Crippen LogP contribution is -2.01. The first kappa shape index (κ1) is 9.90. The lowest BCUT2D eigenvalue weighted by atomic mass is 10.2. The van der Waals surface area contributed by atoms with Crippen molar-refractivity contribution in [2.24, 2.45) is 0 Å². The third-order valence-corrected chi connectivity index (χ3v) is 2.45. The Morgan fingerprint density at radius 2 is 2.27 bits per heavy atom. The first-order chi connectivity index (χ1) is 7.19. The Morgan fingerprint density at radius 3 is 3.00 bits per heavy atom. The van der Waals surface area contributed by atoms with E-state index in [0.29, 0.717) is 12.8 Å². The van der Waals surface area contributed by atoms with Gasteiger partial charge in [-0.15, -0.1) is 0 Å². The SMILES string of the molecule is CCC(=O)Cc1nc2ccc(C)cc2[nH]1. The molecular formula is C12H14N2O. The molecule has 1 N–H and O–H groups in total. The molecule has 3 heteroatoms. The number of aryl methyl sites for hydroxylation is 1. The van der Waals surface area contributed by atoms with Gasteiger partial charge in [-0.05, 0) is 24.6 Å². The summed E-state index contributed by atoms with van der Waals surface area (Å²) in [4.78, 5) is 18.8. The Balaban J connectivity index is 2.34. The van der Waals surface area contributed by atoms with Gasteiger partial charge in [0.15, 0.2) is 0 Å². The second-order valence-electron chi connectivity index (χ2n) is 3.77. The largest absolute Gasteiger partial charge is 0.342 e. The lowest BCUT2D eigenvalue weighted by Gasteiger charge is -1.91. The van der Waals surface area contributed by atoms with Gasteiger partial charge in [0.1, 0.15) is 11.6 Å². The quantitative estimate of drug-likeness (QED) is 0.830. The van der Waals surface area contributed by atoms with E-state index in [4.69, 9.17) is 0 Å². The molecule has 0 spiro atoms. The van der Waals surface area contributed by atoms with Crippen LogP contribution in [0.2, 0.25) is 0 Å². The number of carbonyl (C=O) groups excluding carboxylic acids is 1. The van der Waals surface area contributed by atoms with E-state index in [2.05, 4.69) is 9.97 Å². The molecule has 78 valence electrons. The van der Waals surface area contributed by atoms with Crippen molar-refractivity contribution in [2.75, 3.05) is 0 Å². The van der Waals surface area contributed by atoms with Crippen LogP contribution in [0.1, 0.15) is 24.7 Å². The van der Waals surface area contributed by atoms with E-state index in [0.717, 1.165) is 16.9 Å². The molecule has 0 atom stereocenters. The molecule has 0 bridgehead atoms. The van der Waals surface area contributed by atoms with Crippen molar-refractivity contribution >= 4 is 16.8 Å². The molecule has 1 aromatic carbocycles. The Hall–Kier alpha value is -1.64. The van der Waals surface area contributed by atoms with Gasteiger partial charge in [-0.3, -0.25) is 4.79 Å². The van der Waals surface area contributed by atoms with Crippen LogP contribution in [0.15, 0.2) is 18.2 Å². The minimum atomic E-state index is 0.214. The van der Waals surface area contributed by atoms with Crippen molar-refractivity contribution in [1.82, 2.24) is 9.97 Å². The molecule has 0 aliphatic heterocycles. The number of ketones is 1. The Morgan fingerprint density at radius 1 is 1.47 bits per heavy atom. The molecule has 0 aliphatic rings. The zero-order chi connectivity index (χ0) is 10.8. The normalized spacial score (nSPS) is 10.8. The molecule has 3 nitrogen and oxygen atoms in total. The van der Waals surface area contributed by atoms with Gasteiger partial charge in [0.2, 0.25) is 0 Å². The number of hydrogen-bond donors (Lipinski definition) is 1. The van der Waals surface area contributed by atoms with E-state index >= 15 is 0 Å². The lowest BCUT2D eigenvalue weighted by molar-refractivity contribution is -0.118. The predicted molar refractivity (Wildman–Crippen MR) is 59.8 cm³/mol. The number of aromatic amines is 1. The number of carbonyl (C=O) groups is 1. The topological polar surface area (TPSA) is 45.8 Å². The molecule has 15 heavy (non-hydrogen) atoms. The number of H-pyrrole nitrogens is 1. The number of hydrogen-bond acceptors (Lipinski definition) is 2. The Bertz CT molecular complexity index is 499. The molecule has 1 aromatic heterocycles. The number of Topliss-reactive ketones (excluding diaryl/α,β-unsaturated/α-hetero) is 1. The summed E-state index contributed by atoms with van der Waals surface area (Å²) < 4.78 is 0. The maximum atomic E-state index is 11.3. The van der Waals surface area contributed by atoms with Gasteiger partial charge in [-0.25, -0.2) is 4.98 Å². The molecular weight excluding hydrogens is 188 g/mol. The fourth-order valence-corrected chi connectivity index (χ4v) is 1.57. The van der Waals surface area contributed by atoms with Crippen LogP contribution in [0.25, 0.3) is 11.0 Å². The van der Waals surface area contributed by atoms with E-state index in [1.807, 2.05) is 32.0 Å². The second kappa shape index (κ2) is 3.85. The number of benzene rings is 1. The Labute approximate surface area is 88.5 Å². The summed E-state index contributed by atoms with van der Waals surface area (Å²) in [5.41, 5.74) is 3.13. The number of rotatable bonds is 3. The smallest absolute Gasteiger partial charge is 0.140 e. The number of nitrogens with one attached hydrogen (secondary N) is 1. The molecule has 0 radical (unpaired) electrons.